The van der Waals surface area contributed by atoms with E-state index < -0.39 is 6.10 Å². The molecule has 1 atom stereocenters. The van der Waals surface area contributed by atoms with Crippen LogP contribution in [0.5, 0.6) is 0 Å². The molecular weight excluding hydrogens is 246 g/mol. The highest BCUT2D eigenvalue weighted by atomic mass is 35.5. The topological polar surface area (TPSA) is 32.3 Å². The molecule has 110 valence electrons. The number of alkyl halides is 1. The van der Waals surface area contributed by atoms with Crippen LogP contribution in [-0.4, -0.2) is 30.2 Å². The first-order valence-electron chi connectivity index (χ1n) is 7.76. The van der Waals surface area contributed by atoms with Crippen molar-refractivity contribution in [2.45, 2.75) is 77.2 Å². The summed E-state index contributed by atoms with van der Waals surface area (Å²) in [5, 5.41) is 12.5. The number of nitrogens with one attached hydrogen (secondary N) is 1. The third-order valence-electron chi connectivity index (χ3n) is 3.27. The minimum absolute atomic E-state index is 0.324. The summed E-state index contributed by atoms with van der Waals surface area (Å²) in [6.07, 6.45) is 13.3. The normalized spacial score (nSPS) is 12.8. The smallest absolute Gasteiger partial charge is 0.0799 e. The Balaban J connectivity index is 2.94. The van der Waals surface area contributed by atoms with Crippen LogP contribution in [0.4, 0.5) is 0 Å². The number of hydrogen-bond donors (Lipinski definition) is 2. The van der Waals surface area contributed by atoms with Gasteiger partial charge in [-0.25, -0.2) is 0 Å². The average Bonchev–Trinajstić information content (AvgIpc) is 2.39. The number of aliphatic hydroxyl groups is 1. The number of hydrogen-bond acceptors (Lipinski definition) is 2. The number of halogens is 1. The molecule has 0 aromatic heterocycles. The highest BCUT2D eigenvalue weighted by molar-refractivity contribution is 6.18. The Labute approximate surface area is 118 Å². The van der Waals surface area contributed by atoms with Gasteiger partial charge >= 0.3 is 0 Å². The third-order valence-corrected chi connectivity index (χ3v) is 3.62. The van der Waals surface area contributed by atoms with Gasteiger partial charge in [0, 0.05) is 12.4 Å². The molecule has 3 heteroatoms. The van der Waals surface area contributed by atoms with Gasteiger partial charge in [-0.3, -0.25) is 0 Å². The van der Waals surface area contributed by atoms with E-state index in [1.54, 1.807) is 0 Å². The van der Waals surface area contributed by atoms with Gasteiger partial charge < -0.3 is 10.4 Å². The van der Waals surface area contributed by atoms with Crippen LogP contribution in [0.3, 0.4) is 0 Å². The summed E-state index contributed by atoms with van der Waals surface area (Å²) >= 11 is 5.50. The highest BCUT2D eigenvalue weighted by Crippen LogP contribution is 2.10. The molecule has 2 N–H and O–H groups in total. The monoisotopic (exact) mass is 277 g/mol. The first-order valence-corrected chi connectivity index (χ1v) is 8.29. The summed E-state index contributed by atoms with van der Waals surface area (Å²) in [6, 6.07) is 0. The van der Waals surface area contributed by atoms with Gasteiger partial charge in [-0.15, -0.1) is 11.6 Å². The van der Waals surface area contributed by atoms with E-state index in [4.69, 9.17) is 11.6 Å². The van der Waals surface area contributed by atoms with Crippen molar-refractivity contribution in [1.82, 2.24) is 5.32 Å². The largest absolute Gasteiger partial charge is 0.391 e. The maximum absolute atomic E-state index is 9.22. The predicted octanol–water partition coefficient (Wildman–Crippen LogP) is 4.10. The lowest BCUT2D eigenvalue weighted by atomic mass is 10.1. The Morgan fingerprint density at radius 3 is 1.89 bits per heavy atom. The summed E-state index contributed by atoms with van der Waals surface area (Å²) in [7, 11) is 0. The van der Waals surface area contributed by atoms with E-state index >= 15 is 0 Å². The van der Waals surface area contributed by atoms with Gasteiger partial charge in [0.05, 0.1) is 6.10 Å². The minimum Gasteiger partial charge on any atom is -0.391 e. The molecule has 0 amide bonds. The average molecular weight is 278 g/mol. The van der Waals surface area contributed by atoms with E-state index in [-0.39, 0.29) is 0 Å². The Morgan fingerprint density at radius 1 is 0.889 bits per heavy atom. The number of rotatable bonds is 14. The molecule has 1 unspecified atom stereocenters. The van der Waals surface area contributed by atoms with Crippen LogP contribution in [0.1, 0.15) is 71.1 Å². The number of unbranched alkanes of at least 4 members (excludes halogenated alkanes) is 9. The van der Waals surface area contributed by atoms with E-state index in [2.05, 4.69) is 12.2 Å². The summed E-state index contributed by atoms with van der Waals surface area (Å²) in [4.78, 5) is 0. The van der Waals surface area contributed by atoms with Crippen molar-refractivity contribution in [3.63, 3.8) is 0 Å². The summed E-state index contributed by atoms with van der Waals surface area (Å²) < 4.78 is 0. The zero-order chi connectivity index (χ0) is 13.5. The van der Waals surface area contributed by atoms with Gasteiger partial charge in [0.15, 0.2) is 0 Å². The highest BCUT2D eigenvalue weighted by Gasteiger charge is 1.99. The lowest BCUT2D eigenvalue weighted by molar-refractivity contribution is 0.194. The van der Waals surface area contributed by atoms with Gasteiger partial charge in [-0.05, 0) is 13.0 Å². The van der Waals surface area contributed by atoms with Crippen LogP contribution in [0.2, 0.25) is 0 Å². The fourth-order valence-electron chi connectivity index (χ4n) is 2.06. The van der Waals surface area contributed by atoms with Crippen molar-refractivity contribution in [3.05, 3.63) is 0 Å². The molecule has 0 aliphatic carbocycles. The second-order valence-corrected chi connectivity index (χ2v) is 5.50. The summed E-state index contributed by atoms with van der Waals surface area (Å²) in [5.41, 5.74) is 0. The maximum Gasteiger partial charge on any atom is 0.0799 e. The molecule has 0 rings (SSSR count). The quantitative estimate of drug-likeness (QED) is 0.370. The van der Waals surface area contributed by atoms with Crippen LogP contribution >= 0.6 is 11.6 Å². The molecule has 0 bridgehead atoms. The van der Waals surface area contributed by atoms with Crippen molar-refractivity contribution >= 4 is 11.6 Å². The second kappa shape index (κ2) is 15.3. The van der Waals surface area contributed by atoms with Crippen molar-refractivity contribution in [2.75, 3.05) is 19.0 Å². The van der Waals surface area contributed by atoms with E-state index in [0.29, 0.717) is 12.4 Å². The molecule has 0 aromatic carbocycles. The van der Waals surface area contributed by atoms with E-state index in [1.807, 2.05) is 0 Å². The van der Waals surface area contributed by atoms with Crippen molar-refractivity contribution in [1.29, 1.82) is 0 Å². The Kier molecular flexibility index (Phi) is 15.4. The van der Waals surface area contributed by atoms with Crippen LogP contribution in [0.25, 0.3) is 0 Å². The SMILES string of the molecule is CCCCCCCCCCCCNCC(O)CCl. The van der Waals surface area contributed by atoms with Crippen molar-refractivity contribution in [2.24, 2.45) is 0 Å². The zero-order valence-electron chi connectivity index (χ0n) is 12.1. The fraction of sp³-hybridized carbons (Fsp3) is 1.00. The molecule has 0 heterocycles. The molecule has 0 aliphatic heterocycles. The Hall–Kier alpha value is 0.210. The molecule has 0 fully saturated rings. The van der Waals surface area contributed by atoms with Crippen molar-refractivity contribution in [3.8, 4) is 0 Å². The fourth-order valence-corrected chi connectivity index (χ4v) is 2.17. The molecule has 18 heavy (non-hydrogen) atoms. The second-order valence-electron chi connectivity index (χ2n) is 5.19. The lowest BCUT2D eigenvalue weighted by Crippen LogP contribution is -2.28. The number of aliphatic hydroxyl groups excluding tert-OH is 1. The summed E-state index contributed by atoms with van der Waals surface area (Å²) in [6.45, 7) is 3.89. The molecule has 0 saturated carbocycles. The molecular formula is C15H32ClNO. The Bertz CT molecular complexity index is 155. The molecule has 2 nitrogen and oxygen atoms in total. The van der Waals surface area contributed by atoms with Gasteiger partial charge in [0.25, 0.3) is 0 Å². The molecule has 0 aromatic rings. The summed E-state index contributed by atoms with van der Waals surface area (Å²) in [5.74, 6) is 0.324. The lowest BCUT2D eigenvalue weighted by Gasteiger charge is -2.08. The molecule has 0 saturated heterocycles. The van der Waals surface area contributed by atoms with Gasteiger partial charge in [-0.2, -0.15) is 0 Å². The van der Waals surface area contributed by atoms with Gasteiger partial charge in [-0.1, -0.05) is 64.7 Å². The molecule has 0 radical (unpaired) electrons. The first-order chi connectivity index (χ1) is 8.81. The predicted molar refractivity (Wildman–Crippen MR) is 81.4 cm³/mol. The van der Waals surface area contributed by atoms with Gasteiger partial charge in [0.2, 0.25) is 0 Å². The Morgan fingerprint density at radius 2 is 1.39 bits per heavy atom. The maximum atomic E-state index is 9.22. The standard InChI is InChI=1S/C15H32ClNO/c1-2-3-4-5-6-7-8-9-10-11-12-17-14-15(18)13-16/h15,17-18H,2-14H2,1H3. The van der Waals surface area contributed by atoms with Crippen molar-refractivity contribution < 1.29 is 5.11 Å². The van der Waals surface area contributed by atoms with Crippen LogP contribution < -0.4 is 5.32 Å². The molecule has 0 spiro atoms. The van der Waals surface area contributed by atoms with E-state index in [9.17, 15) is 5.11 Å². The third kappa shape index (κ3) is 14.3. The van der Waals surface area contributed by atoms with Crippen LogP contribution in [0, 0.1) is 0 Å². The first kappa shape index (κ1) is 18.2. The van der Waals surface area contributed by atoms with Crippen LogP contribution in [0.15, 0.2) is 0 Å². The zero-order valence-corrected chi connectivity index (χ0v) is 12.9. The van der Waals surface area contributed by atoms with Crippen LogP contribution in [-0.2, 0) is 0 Å². The van der Waals surface area contributed by atoms with Gasteiger partial charge in [0.1, 0.15) is 0 Å². The minimum atomic E-state index is -0.394. The van der Waals surface area contributed by atoms with E-state index in [0.717, 1.165) is 6.54 Å². The molecule has 0 aliphatic rings. The van der Waals surface area contributed by atoms with E-state index in [1.165, 1.54) is 64.2 Å².